The van der Waals surface area contributed by atoms with Gasteiger partial charge in [0, 0.05) is 56.0 Å². The summed E-state index contributed by atoms with van der Waals surface area (Å²) in [6, 6.07) is 74.9. The van der Waals surface area contributed by atoms with E-state index in [1.165, 1.54) is 27.8 Å². The Kier molecular flexibility index (Phi) is 25.5. The van der Waals surface area contributed by atoms with Crippen LogP contribution in [0.4, 0.5) is 0 Å². The summed E-state index contributed by atoms with van der Waals surface area (Å²) < 4.78 is 6.81. The molecule has 6 N–H and O–H groups in total. The lowest BCUT2D eigenvalue weighted by Crippen LogP contribution is -2.40. The van der Waals surface area contributed by atoms with Crippen LogP contribution in [0.2, 0.25) is 0 Å². The number of amides is 3. The van der Waals surface area contributed by atoms with Crippen LogP contribution in [0.3, 0.4) is 0 Å². The van der Waals surface area contributed by atoms with E-state index in [0.29, 0.717) is 82.1 Å². The second-order valence-electron chi connectivity index (χ2n) is 27.2. The third-order valence-corrected chi connectivity index (χ3v) is 18.6. The molecule has 0 saturated heterocycles. The lowest BCUT2D eigenvalue weighted by molar-refractivity contribution is 0.0599. The molecule has 12 aromatic rings. The molecule has 3 heterocycles. The summed E-state index contributed by atoms with van der Waals surface area (Å²) in [6.45, 7) is 24.9. The van der Waals surface area contributed by atoms with Gasteiger partial charge in [-0.3, -0.25) is 14.4 Å². The van der Waals surface area contributed by atoms with Crippen molar-refractivity contribution in [1.82, 2.24) is 43.4 Å². The van der Waals surface area contributed by atoms with Crippen molar-refractivity contribution in [3.05, 3.63) is 303 Å². The molecule has 15 heteroatoms. The smallest absolute Gasteiger partial charge is 0.254 e. The fraction of sp³-hybridized carbons (Fsp3) is 0.302. The molecule has 12 rings (SSSR count). The number of carbonyl (C=O) groups excluding carboxylic acids is 3. The van der Waals surface area contributed by atoms with Crippen LogP contribution in [0, 0.1) is 46.5 Å². The molecule has 3 aromatic heterocycles. The van der Waals surface area contributed by atoms with Crippen LogP contribution in [-0.2, 0) is 26.2 Å². The summed E-state index contributed by atoms with van der Waals surface area (Å²) in [5, 5.41) is 0. The highest BCUT2D eigenvalue weighted by atomic mass is 16.2. The Hall–Kier alpha value is -10.3. The number of imidazole rings is 3. The van der Waals surface area contributed by atoms with Gasteiger partial charge in [-0.25, -0.2) is 15.0 Å². The standard InChI is InChI=1S/2C30H36N4O.C26H28N4O/c1-21(2)27(33(19-9-18-31)30(35)25-16-14-22(3)15-17-25)29-32-26-13-8-10-23(4)28(26)34(29)20-24-11-6-5-7-12-24;1-21(2)28(33(18-8-17-31)30(35)25-14-11-22(3)12-15-25)29-32-26-16-13-23(4)19-27(26)34(29)20-24-9-6-5-7-10-24;1-20-12-14-22(15-13-20)26(31)29(17-7-16-27)19-25-28-23-10-5-6-11-24(23)30(25)18-21-8-3-2-4-9-21/h5-8,10-17,21,27H,9,18-20,31H2,1-4H3;5-7,9-16,19,21,28H,8,17-18,20,31H2,1-4H3;2-6,8-15H,7,16-19,27H2,1H3/t27-;28-;/m11./s1. The molecular weight excluding hydrogens is 1250 g/mol. The molecule has 522 valence electrons. The Morgan fingerprint density at radius 3 is 1.27 bits per heavy atom. The van der Waals surface area contributed by atoms with E-state index in [4.69, 9.17) is 32.2 Å². The predicted molar refractivity (Wildman–Crippen MR) is 412 cm³/mol. The maximum atomic E-state index is 13.9. The lowest BCUT2D eigenvalue weighted by atomic mass is 9.99. The molecule has 0 aliphatic rings. The molecule has 15 nitrogen and oxygen atoms in total. The molecule has 0 aliphatic heterocycles. The first-order chi connectivity index (χ1) is 48.9. The summed E-state index contributed by atoms with van der Waals surface area (Å²) in [7, 11) is 0. The average molecular weight is 1350 g/mol. The molecule has 0 bridgehead atoms. The number of aryl methyl sites for hydroxylation is 5. The van der Waals surface area contributed by atoms with Crippen LogP contribution < -0.4 is 17.2 Å². The number of carbonyl (C=O) groups is 3. The van der Waals surface area contributed by atoms with Gasteiger partial charge >= 0.3 is 0 Å². The van der Waals surface area contributed by atoms with Gasteiger partial charge in [0.15, 0.2) is 0 Å². The van der Waals surface area contributed by atoms with Crippen molar-refractivity contribution >= 4 is 50.8 Å². The molecule has 0 unspecified atom stereocenters. The largest absolute Gasteiger partial charge is 0.331 e. The summed E-state index contributed by atoms with van der Waals surface area (Å²) in [5.41, 5.74) is 35.2. The fourth-order valence-corrected chi connectivity index (χ4v) is 13.3. The average Bonchev–Trinajstić information content (AvgIpc) is 1.63. The van der Waals surface area contributed by atoms with E-state index < -0.39 is 0 Å². The number of hydrogen-bond donors (Lipinski definition) is 3. The van der Waals surface area contributed by atoms with Gasteiger partial charge in [-0.2, -0.15) is 0 Å². The van der Waals surface area contributed by atoms with E-state index in [2.05, 4.69) is 158 Å². The lowest BCUT2D eigenvalue weighted by Gasteiger charge is -2.35. The monoisotopic (exact) mass is 1350 g/mol. The van der Waals surface area contributed by atoms with Crippen LogP contribution in [0.1, 0.15) is 152 Å². The highest BCUT2D eigenvalue weighted by Gasteiger charge is 2.35. The summed E-state index contributed by atoms with van der Waals surface area (Å²) in [5.74, 6) is 3.09. The first-order valence-corrected chi connectivity index (χ1v) is 35.6. The first kappa shape index (κ1) is 73.4. The third-order valence-electron chi connectivity index (χ3n) is 18.6. The number of nitrogens with two attached hydrogens (primary N) is 3. The van der Waals surface area contributed by atoms with Gasteiger partial charge in [0.2, 0.25) is 0 Å². The maximum absolute atomic E-state index is 13.9. The van der Waals surface area contributed by atoms with Crippen molar-refractivity contribution in [1.29, 1.82) is 0 Å². The van der Waals surface area contributed by atoms with Crippen LogP contribution in [0.25, 0.3) is 33.1 Å². The molecule has 0 fully saturated rings. The van der Waals surface area contributed by atoms with Crippen molar-refractivity contribution < 1.29 is 14.4 Å². The topological polar surface area (TPSA) is 192 Å². The maximum Gasteiger partial charge on any atom is 0.254 e. The van der Waals surface area contributed by atoms with Gasteiger partial charge in [0.05, 0.1) is 51.7 Å². The van der Waals surface area contributed by atoms with Crippen LogP contribution in [-0.4, -0.2) is 100 Å². The summed E-state index contributed by atoms with van der Waals surface area (Å²) in [6.07, 6.45) is 2.22. The van der Waals surface area contributed by atoms with Crippen LogP contribution in [0.15, 0.2) is 224 Å². The zero-order chi connectivity index (χ0) is 71.5. The third kappa shape index (κ3) is 18.4. The van der Waals surface area contributed by atoms with Crippen LogP contribution >= 0.6 is 0 Å². The highest BCUT2D eigenvalue weighted by Crippen LogP contribution is 2.36. The first-order valence-electron chi connectivity index (χ1n) is 35.6. The molecule has 3 amide bonds. The van der Waals surface area contributed by atoms with Crippen molar-refractivity contribution in [2.45, 2.75) is 120 Å². The number of nitrogens with zero attached hydrogens (tertiary/aromatic N) is 9. The second-order valence-corrected chi connectivity index (χ2v) is 27.2. The molecule has 0 saturated carbocycles. The quantitative estimate of drug-likeness (QED) is 0.0473. The minimum absolute atomic E-state index is 0.00627. The SMILES string of the molecule is Cc1ccc(C(=O)N(CCCN)Cc2nc3ccccc3n2Cc2ccccc2)cc1.Cc1ccc(C(=O)N(CCCN)[C@@H](c2nc3ccc(C)cc3n2Cc2ccccc2)C(C)C)cc1.Cc1ccc(C(=O)N(CCCN)[C@@H](c2nc3cccc(C)c3n2Cc2ccccc2)C(C)C)cc1. The number of benzene rings is 9. The highest BCUT2D eigenvalue weighted by molar-refractivity contribution is 5.96. The van der Waals surface area contributed by atoms with E-state index in [1.54, 1.807) is 0 Å². The molecule has 0 radical (unpaired) electrons. The van der Waals surface area contributed by atoms with E-state index in [0.717, 1.165) is 86.5 Å². The normalized spacial score (nSPS) is 11.9. The Labute approximate surface area is 596 Å². The van der Waals surface area contributed by atoms with E-state index in [-0.39, 0.29) is 41.6 Å². The van der Waals surface area contributed by atoms with Crippen molar-refractivity contribution in [3.8, 4) is 0 Å². The van der Waals surface area contributed by atoms with Gasteiger partial charge in [-0.15, -0.1) is 0 Å². The van der Waals surface area contributed by atoms with Gasteiger partial charge in [-0.1, -0.05) is 202 Å². The number of aromatic nitrogens is 6. The summed E-state index contributed by atoms with van der Waals surface area (Å²) >= 11 is 0. The van der Waals surface area contributed by atoms with E-state index in [9.17, 15) is 14.4 Å². The zero-order valence-corrected chi connectivity index (χ0v) is 60.3. The van der Waals surface area contributed by atoms with Gasteiger partial charge < -0.3 is 45.6 Å². The Morgan fingerprint density at radius 1 is 0.386 bits per heavy atom. The van der Waals surface area contributed by atoms with Gasteiger partial charge in [-0.05, 0) is 180 Å². The predicted octanol–water partition coefficient (Wildman–Crippen LogP) is 16.2. The molecule has 9 aromatic carbocycles. The van der Waals surface area contributed by atoms with Crippen molar-refractivity contribution in [3.63, 3.8) is 0 Å². The van der Waals surface area contributed by atoms with Crippen molar-refractivity contribution in [2.24, 2.45) is 29.0 Å². The Bertz CT molecular complexity index is 4640. The van der Waals surface area contributed by atoms with Gasteiger partial charge in [0.1, 0.15) is 17.5 Å². The summed E-state index contributed by atoms with van der Waals surface area (Å²) in [4.78, 5) is 62.0. The molecular formula is C86H100N12O3. The minimum Gasteiger partial charge on any atom is -0.331 e. The Morgan fingerprint density at radius 2 is 0.782 bits per heavy atom. The zero-order valence-electron chi connectivity index (χ0n) is 60.3. The second kappa shape index (κ2) is 35.1. The molecule has 101 heavy (non-hydrogen) atoms. The number of fused-ring (bicyclic) bond motifs is 3. The molecule has 2 atom stereocenters. The number of para-hydroxylation sites is 3. The molecule has 0 spiro atoms. The number of rotatable bonds is 26. The fourth-order valence-electron chi connectivity index (χ4n) is 13.3. The van der Waals surface area contributed by atoms with Crippen molar-refractivity contribution in [2.75, 3.05) is 39.3 Å². The molecule has 0 aliphatic carbocycles. The minimum atomic E-state index is -0.189. The van der Waals surface area contributed by atoms with E-state index in [1.807, 2.05) is 157 Å². The van der Waals surface area contributed by atoms with E-state index >= 15 is 0 Å². The Balaban J connectivity index is 0.000000164. The van der Waals surface area contributed by atoms with Crippen LogP contribution in [0.5, 0.6) is 0 Å². The number of hydrogen-bond acceptors (Lipinski definition) is 9. The van der Waals surface area contributed by atoms with Gasteiger partial charge in [0.25, 0.3) is 17.7 Å².